The van der Waals surface area contributed by atoms with Crippen molar-refractivity contribution in [3.05, 3.63) is 71.8 Å². The standard InChI is InChI=1S/C24H25NO4/c1-4-28-20-19(26)23(21(27)29-5-2)16-22(3,17-12-8-6-9-13-17)24(23,25-20)18-14-10-7-11-15-18/h6-15H,4-5,16H2,1-3H3/t22-,23+,24+/m1/s1. The van der Waals surface area contributed by atoms with E-state index in [1.807, 2.05) is 60.7 Å². The van der Waals surface area contributed by atoms with Crippen molar-refractivity contribution in [3.63, 3.8) is 0 Å². The maximum absolute atomic E-state index is 13.5. The third-order valence-corrected chi connectivity index (χ3v) is 6.39. The summed E-state index contributed by atoms with van der Waals surface area (Å²) in [7, 11) is 0. The molecule has 1 fully saturated rings. The highest BCUT2D eigenvalue weighted by atomic mass is 16.5. The van der Waals surface area contributed by atoms with E-state index in [1.165, 1.54) is 0 Å². The number of hydrogen-bond acceptors (Lipinski definition) is 5. The normalized spacial score (nSPS) is 30.2. The monoisotopic (exact) mass is 391 g/mol. The summed E-state index contributed by atoms with van der Waals surface area (Å²) in [6, 6.07) is 19.5. The second-order valence-corrected chi connectivity index (χ2v) is 7.76. The first-order chi connectivity index (χ1) is 14.0. The number of hydrogen-bond donors (Lipinski definition) is 0. The summed E-state index contributed by atoms with van der Waals surface area (Å²) < 4.78 is 11.1. The van der Waals surface area contributed by atoms with Gasteiger partial charge in [0.2, 0.25) is 5.78 Å². The zero-order valence-electron chi connectivity index (χ0n) is 17.0. The summed E-state index contributed by atoms with van der Waals surface area (Å²) in [5.74, 6) is -0.889. The molecule has 1 aliphatic carbocycles. The highest BCUT2D eigenvalue weighted by Gasteiger charge is 2.84. The molecule has 1 heterocycles. The van der Waals surface area contributed by atoms with Crippen molar-refractivity contribution in [2.45, 2.75) is 38.1 Å². The van der Waals surface area contributed by atoms with Crippen molar-refractivity contribution in [2.75, 3.05) is 13.2 Å². The molecule has 5 nitrogen and oxygen atoms in total. The van der Waals surface area contributed by atoms with Crippen molar-refractivity contribution in [1.29, 1.82) is 0 Å². The smallest absolute Gasteiger partial charge is 0.323 e. The van der Waals surface area contributed by atoms with Crippen LogP contribution in [-0.2, 0) is 30.0 Å². The van der Waals surface area contributed by atoms with Crippen molar-refractivity contribution >= 4 is 17.7 Å². The predicted molar refractivity (Wildman–Crippen MR) is 110 cm³/mol. The Morgan fingerprint density at radius 3 is 2.10 bits per heavy atom. The number of fused-ring (bicyclic) bond motifs is 1. The summed E-state index contributed by atoms with van der Waals surface area (Å²) >= 11 is 0. The SMILES string of the molecule is CCOC(=O)[C@@]12C[C@](C)(c3ccccc3)[C@]1(c1ccccc1)N=C(OCC)C2=O. The average molecular weight is 391 g/mol. The fraction of sp³-hybridized carbons (Fsp3) is 0.375. The van der Waals surface area contributed by atoms with Crippen LogP contribution in [0.25, 0.3) is 0 Å². The number of aliphatic imine (C=N–C) groups is 1. The molecule has 150 valence electrons. The molecule has 1 saturated carbocycles. The van der Waals surface area contributed by atoms with Crippen LogP contribution in [0, 0.1) is 5.41 Å². The van der Waals surface area contributed by atoms with Gasteiger partial charge in [0.25, 0.3) is 5.90 Å². The minimum Gasteiger partial charge on any atom is -0.476 e. The summed E-state index contributed by atoms with van der Waals surface area (Å²) in [6.07, 6.45) is 0.316. The molecule has 3 atom stereocenters. The first-order valence-corrected chi connectivity index (χ1v) is 10.0. The number of Topliss-reactive ketones (excluding diaryl/α,β-unsaturated/α-hetero) is 1. The lowest BCUT2D eigenvalue weighted by molar-refractivity contribution is -0.182. The number of ketones is 1. The van der Waals surface area contributed by atoms with E-state index in [1.54, 1.807) is 13.8 Å². The first-order valence-electron chi connectivity index (χ1n) is 10.0. The van der Waals surface area contributed by atoms with Crippen LogP contribution in [-0.4, -0.2) is 30.9 Å². The minimum atomic E-state index is -1.42. The fourth-order valence-electron chi connectivity index (χ4n) is 5.23. The van der Waals surface area contributed by atoms with Crippen molar-refractivity contribution < 1.29 is 19.1 Å². The third-order valence-electron chi connectivity index (χ3n) is 6.39. The quantitative estimate of drug-likeness (QED) is 0.574. The Labute approximate surface area is 170 Å². The largest absolute Gasteiger partial charge is 0.476 e. The summed E-state index contributed by atoms with van der Waals surface area (Å²) in [5, 5.41) is 0. The van der Waals surface area contributed by atoms with Crippen LogP contribution in [0.5, 0.6) is 0 Å². The van der Waals surface area contributed by atoms with E-state index in [4.69, 9.17) is 14.5 Å². The molecular weight excluding hydrogens is 366 g/mol. The van der Waals surface area contributed by atoms with E-state index < -0.39 is 22.3 Å². The van der Waals surface area contributed by atoms with Crippen molar-refractivity contribution in [2.24, 2.45) is 10.4 Å². The molecule has 29 heavy (non-hydrogen) atoms. The number of carbonyl (C=O) groups is 2. The van der Waals surface area contributed by atoms with Gasteiger partial charge in [0.15, 0.2) is 5.41 Å². The number of rotatable bonds is 5. The molecule has 0 N–H and O–H groups in total. The average Bonchev–Trinajstić information content (AvgIpc) is 2.95. The first kappa shape index (κ1) is 19.4. The molecule has 2 aliphatic rings. The van der Waals surface area contributed by atoms with Crippen LogP contribution in [0.15, 0.2) is 65.7 Å². The van der Waals surface area contributed by atoms with Crippen molar-refractivity contribution in [1.82, 2.24) is 0 Å². The number of esters is 1. The van der Waals surface area contributed by atoms with E-state index in [2.05, 4.69) is 6.92 Å². The minimum absolute atomic E-state index is 0.0177. The molecular formula is C24H25NO4. The molecule has 0 amide bonds. The summed E-state index contributed by atoms with van der Waals surface area (Å²) in [5.41, 5.74) is -1.26. The molecule has 0 saturated heterocycles. The van der Waals surface area contributed by atoms with Gasteiger partial charge in [-0.25, -0.2) is 4.99 Å². The number of benzene rings is 2. The highest BCUT2D eigenvalue weighted by molar-refractivity contribution is 6.45. The lowest BCUT2D eigenvalue weighted by atomic mass is 9.37. The zero-order valence-corrected chi connectivity index (χ0v) is 17.0. The Morgan fingerprint density at radius 1 is 0.966 bits per heavy atom. The van der Waals surface area contributed by atoms with Gasteiger partial charge in [0.1, 0.15) is 5.54 Å². The van der Waals surface area contributed by atoms with Gasteiger partial charge >= 0.3 is 5.97 Å². The van der Waals surface area contributed by atoms with Crippen LogP contribution in [0.3, 0.4) is 0 Å². The van der Waals surface area contributed by atoms with Gasteiger partial charge in [0, 0.05) is 5.41 Å². The lowest BCUT2D eigenvalue weighted by Crippen LogP contribution is -2.72. The molecule has 5 heteroatoms. The Morgan fingerprint density at radius 2 is 1.55 bits per heavy atom. The van der Waals surface area contributed by atoms with Gasteiger partial charge in [-0.3, -0.25) is 9.59 Å². The Bertz CT molecular complexity index is 971. The van der Waals surface area contributed by atoms with Gasteiger partial charge in [-0.15, -0.1) is 0 Å². The maximum atomic E-state index is 13.5. The summed E-state index contributed by atoms with van der Waals surface area (Å²) in [6.45, 7) is 6.12. The predicted octanol–water partition coefficient (Wildman–Crippen LogP) is 3.81. The number of carbonyl (C=O) groups excluding carboxylic acids is 2. The molecule has 1 aliphatic heterocycles. The second-order valence-electron chi connectivity index (χ2n) is 7.76. The third kappa shape index (κ3) is 2.30. The van der Waals surface area contributed by atoms with E-state index in [0.717, 1.165) is 11.1 Å². The molecule has 0 bridgehead atoms. The van der Waals surface area contributed by atoms with E-state index in [0.29, 0.717) is 13.0 Å². The van der Waals surface area contributed by atoms with Gasteiger partial charge < -0.3 is 9.47 Å². The molecule has 0 spiro atoms. The van der Waals surface area contributed by atoms with Gasteiger partial charge in [0.05, 0.1) is 13.2 Å². The fourth-order valence-corrected chi connectivity index (χ4v) is 5.23. The van der Waals surface area contributed by atoms with E-state index in [-0.39, 0.29) is 18.3 Å². The van der Waals surface area contributed by atoms with Gasteiger partial charge in [-0.2, -0.15) is 0 Å². The van der Waals surface area contributed by atoms with Crippen LogP contribution >= 0.6 is 0 Å². The van der Waals surface area contributed by atoms with E-state index >= 15 is 0 Å². The zero-order chi connectivity index (χ0) is 20.7. The molecule has 0 radical (unpaired) electrons. The van der Waals surface area contributed by atoms with Crippen LogP contribution in [0.4, 0.5) is 0 Å². The lowest BCUT2D eigenvalue weighted by Gasteiger charge is -2.63. The van der Waals surface area contributed by atoms with Crippen LogP contribution in [0.1, 0.15) is 38.3 Å². The van der Waals surface area contributed by atoms with E-state index in [9.17, 15) is 9.59 Å². The Kier molecular flexibility index (Phi) is 4.56. The Balaban J connectivity index is 2.02. The molecule has 2 aromatic rings. The molecule has 4 rings (SSSR count). The molecule has 0 unspecified atom stereocenters. The molecule has 0 aromatic heterocycles. The molecule has 2 aromatic carbocycles. The summed E-state index contributed by atoms with van der Waals surface area (Å²) in [4.78, 5) is 31.7. The highest BCUT2D eigenvalue weighted by Crippen LogP contribution is 2.73. The Hall–Kier alpha value is -2.95. The number of ether oxygens (including phenoxy) is 2. The maximum Gasteiger partial charge on any atom is 0.323 e. The number of nitrogens with zero attached hydrogens (tertiary/aromatic N) is 1. The van der Waals surface area contributed by atoms with Crippen LogP contribution in [0.2, 0.25) is 0 Å². The van der Waals surface area contributed by atoms with Crippen LogP contribution < -0.4 is 0 Å². The topological polar surface area (TPSA) is 65.0 Å². The van der Waals surface area contributed by atoms with Gasteiger partial charge in [-0.1, -0.05) is 67.6 Å². The second kappa shape index (κ2) is 6.83. The van der Waals surface area contributed by atoms with Gasteiger partial charge in [-0.05, 0) is 31.4 Å². The van der Waals surface area contributed by atoms with Crippen molar-refractivity contribution in [3.8, 4) is 0 Å².